The molecular formula is C32H43F3N2O6S. The lowest BCUT2D eigenvalue weighted by Crippen LogP contribution is -2.35. The fourth-order valence-corrected chi connectivity index (χ4v) is 6.46. The number of hydrogen-bond donors (Lipinski definition) is 3. The minimum atomic E-state index is -4.37. The van der Waals surface area contributed by atoms with Crippen LogP contribution in [0.3, 0.4) is 0 Å². The summed E-state index contributed by atoms with van der Waals surface area (Å²) >= 11 is 1.52. The van der Waals surface area contributed by atoms with E-state index in [1.807, 2.05) is 29.2 Å². The molecule has 0 radical (unpaired) electrons. The van der Waals surface area contributed by atoms with E-state index in [2.05, 4.69) is 11.8 Å². The second-order valence-corrected chi connectivity index (χ2v) is 12.1. The third-order valence-corrected chi connectivity index (χ3v) is 8.80. The summed E-state index contributed by atoms with van der Waals surface area (Å²) in [5.74, 6) is -3.65. The van der Waals surface area contributed by atoms with Gasteiger partial charge >= 0.3 is 18.1 Å². The molecule has 2 aliphatic rings. The second-order valence-electron chi connectivity index (χ2n) is 11.0. The van der Waals surface area contributed by atoms with Crippen molar-refractivity contribution in [3.8, 4) is 0 Å². The molecule has 0 bridgehead atoms. The molecule has 0 aliphatic carbocycles. The highest BCUT2D eigenvalue weighted by molar-refractivity contribution is 7.99. The lowest BCUT2D eigenvalue weighted by molar-refractivity contribution is -0.159. The highest BCUT2D eigenvalue weighted by Gasteiger charge is 2.33. The average Bonchev–Trinajstić information content (AvgIpc) is 3.43. The molecular weight excluding hydrogens is 597 g/mol. The van der Waals surface area contributed by atoms with Crippen LogP contribution in [-0.2, 0) is 20.5 Å². The fraction of sp³-hybridized carbons (Fsp3) is 0.562. The van der Waals surface area contributed by atoms with E-state index >= 15 is 0 Å². The van der Waals surface area contributed by atoms with Gasteiger partial charge in [-0.05, 0) is 62.4 Å². The zero-order chi connectivity index (χ0) is 32.1. The normalized spacial score (nSPS) is 16.9. The quantitative estimate of drug-likeness (QED) is 0.144. The number of aliphatic carboxylic acids is 2. The molecule has 0 saturated carbocycles. The van der Waals surface area contributed by atoms with Crippen LogP contribution in [-0.4, -0.2) is 70.7 Å². The number of alkyl halides is 3. The number of halogens is 3. The van der Waals surface area contributed by atoms with Crippen molar-refractivity contribution in [2.75, 3.05) is 31.1 Å². The van der Waals surface area contributed by atoms with Crippen molar-refractivity contribution in [2.45, 2.75) is 99.4 Å². The lowest BCUT2D eigenvalue weighted by Gasteiger charge is -2.34. The van der Waals surface area contributed by atoms with Crippen LogP contribution in [0, 0.1) is 0 Å². The van der Waals surface area contributed by atoms with Crippen LogP contribution in [0.4, 0.5) is 24.5 Å². The lowest BCUT2D eigenvalue weighted by atomic mass is 10.1. The topological polar surface area (TPSA) is 111 Å². The third-order valence-electron chi connectivity index (χ3n) is 7.67. The predicted octanol–water partition coefficient (Wildman–Crippen LogP) is 7.40. The van der Waals surface area contributed by atoms with E-state index in [-0.39, 0.29) is 12.3 Å². The number of aliphatic hydroxyl groups excluding tert-OH is 1. The first-order valence-electron chi connectivity index (χ1n) is 15.3. The maximum absolute atomic E-state index is 13.5. The summed E-state index contributed by atoms with van der Waals surface area (Å²) < 4.78 is 46.6. The Labute approximate surface area is 261 Å². The van der Waals surface area contributed by atoms with E-state index in [0.717, 1.165) is 60.7 Å². The molecule has 1 saturated heterocycles. The highest BCUT2D eigenvalue weighted by Crippen LogP contribution is 2.49. The second kappa shape index (κ2) is 17.6. The Kier molecular flexibility index (Phi) is 14.3. The van der Waals surface area contributed by atoms with Gasteiger partial charge in [0.15, 0.2) is 0 Å². The first-order chi connectivity index (χ1) is 21.0. The van der Waals surface area contributed by atoms with Crippen LogP contribution in [0.1, 0.15) is 76.7 Å². The molecule has 2 heterocycles. The molecule has 0 aromatic heterocycles. The molecule has 1 fully saturated rings. The molecule has 2 aromatic carbocycles. The zero-order valence-corrected chi connectivity index (χ0v) is 25.9. The van der Waals surface area contributed by atoms with Gasteiger partial charge in [-0.3, -0.25) is 4.90 Å². The fourth-order valence-electron chi connectivity index (χ4n) is 5.39. The number of nitrogens with zero attached hydrogens (tertiary/aromatic N) is 2. The number of hydrogen-bond acceptors (Lipinski definition) is 7. The summed E-state index contributed by atoms with van der Waals surface area (Å²) in [4.78, 5) is 24.5. The van der Waals surface area contributed by atoms with E-state index in [1.165, 1.54) is 49.6 Å². The molecule has 44 heavy (non-hydrogen) atoms. The summed E-state index contributed by atoms with van der Waals surface area (Å²) in [6.45, 7) is 5.18. The van der Waals surface area contributed by atoms with Crippen LogP contribution in [0.15, 0.2) is 52.3 Å². The van der Waals surface area contributed by atoms with Gasteiger partial charge in [0.05, 0.1) is 29.6 Å². The number of fused-ring (bicyclic) bond motifs is 2. The average molecular weight is 641 g/mol. The number of carboxylic acid groups (broad SMARTS) is 2. The summed E-state index contributed by atoms with van der Waals surface area (Å²) in [5, 5.41) is 25.1. The van der Waals surface area contributed by atoms with Crippen LogP contribution >= 0.6 is 11.8 Å². The first kappa shape index (κ1) is 35.7. The summed E-state index contributed by atoms with van der Waals surface area (Å²) in [5.41, 5.74) is 0.973. The van der Waals surface area contributed by atoms with Gasteiger partial charge in [0.1, 0.15) is 6.23 Å². The number of carbonyl (C=O) groups is 2. The maximum atomic E-state index is 13.5. The van der Waals surface area contributed by atoms with Gasteiger partial charge < -0.3 is 25.0 Å². The number of unbranched alkanes of at least 4 members (excludes halogenated alkanes) is 4. The minimum Gasteiger partial charge on any atom is -0.473 e. The molecule has 2 atom stereocenters. The molecule has 2 unspecified atom stereocenters. The summed E-state index contributed by atoms with van der Waals surface area (Å²) in [6.07, 6.45) is 5.75. The Morgan fingerprint density at radius 1 is 0.955 bits per heavy atom. The standard InChI is InChI=1S/C30H41F3N2O2S.C2H2O4/c1-2-3-4-5-6-11-24(36)17-21-37-29-14-9-18-34(29)19-10-20-35-25-12-7-8-13-27(25)38-28-16-15-23(22-26(28)35)30(31,32)33;3-1(4)2(5)6/h7-8,12-13,15-16,22,24,29,36H,2-6,9-11,14,17-21H2,1H3;(H,3,4)(H,5,6). The van der Waals surface area contributed by atoms with E-state index < -0.39 is 23.7 Å². The molecule has 3 N–H and O–H groups in total. The van der Waals surface area contributed by atoms with Crippen molar-refractivity contribution < 1.29 is 42.8 Å². The Hall–Kier alpha value is -2.80. The number of para-hydroxylation sites is 1. The van der Waals surface area contributed by atoms with Crippen molar-refractivity contribution in [2.24, 2.45) is 0 Å². The number of likely N-dealkylation sites (tertiary alicyclic amines) is 1. The van der Waals surface area contributed by atoms with E-state index in [4.69, 9.17) is 24.5 Å². The largest absolute Gasteiger partial charge is 0.473 e. The van der Waals surface area contributed by atoms with E-state index in [0.29, 0.717) is 25.3 Å². The molecule has 4 rings (SSSR count). The number of aliphatic hydroxyl groups is 1. The molecule has 8 nitrogen and oxygen atoms in total. The predicted molar refractivity (Wildman–Crippen MR) is 163 cm³/mol. The molecule has 244 valence electrons. The summed E-state index contributed by atoms with van der Waals surface area (Å²) in [7, 11) is 0. The molecule has 2 aliphatic heterocycles. The first-order valence-corrected chi connectivity index (χ1v) is 16.1. The Morgan fingerprint density at radius 3 is 2.36 bits per heavy atom. The molecule has 0 amide bonds. The van der Waals surface area contributed by atoms with Gasteiger partial charge in [0, 0.05) is 29.4 Å². The van der Waals surface area contributed by atoms with E-state index in [9.17, 15) is 18.3 Å². The Bertz CT molecular complexity index is 1200. The van der Waals surface area contributed by atoms with Crippen LogP contribution in [0.25, 0.3) is 0 Å². The monoisotopic (exact) mass is 640 g/mol. The minimum absolute atomic E-state index is 0.0556. The molecule has 2 aromatic rings. The highest BCUT2D eigenvalue weighted by atomic mass is 32.2. The maximum Gasteiger partial charge on any atom is 0.416 e. The van der Waals surface area contributed by atoms with Crippen molar-refractivity contribution >= 4 is 35.1 Å². The number of benzene rings is 2. The number of carboxylic acids is 2. The van der Waals surface area contributed by atoms with Crippen molar-refractivity contribution in [1.29, 1.82) is 0 Å². The van der Waals surface area contributed by atoms with Crippen LogP contribution in [0.2, 0.25) is 0 Å². The van der Waals surface area contributed by atoms with Crippen LogP contribution in [0.5, 0.6) is 0 Å². The number of anilines is 2. The Morgan fingerprint density at radius 2 is 1.66 bits per heavy atom. The van der Waals surface area contributed by atoms with Gasteiger partial charge in [-0.25, -0.2) is 9.59 Å². The van der Waals surface area contributed by atoms with Gasteiger partial charge in [0.2, 0.25) is 0 Å². The van der Waals surface area contributed by atoms with E-state index in [1.54, 1.807) is 6.07 Å². The molecule has 0 spiro atoms. The van der Waals surface area contributed by atoms with Gasteiger partial charge in [-0.1, -0.05) is 62.9 Å². The smallest absolute Gasteiger partial charge is 0.416 e. The van der Waals surface area contributed by atoms with Gasteiger partial charge in [-0.2, -0.15) is 13.2 Å². The third kappa shape index (κ3) is 11.0. The van der Waals surface area contributed by atoms with Crippen molar-refractivity contribution in [3.63, 3.8) is 0 Å². The van der Waals surface area contributed by atoms with Crippen molar-refractivity contribution in [3.05, 3.63) is 48.0 Å². The van der Waals surface area contributed by atoms with Crippen molar-refractivity contribution in [1.82, 2.24) is 4.90 Å². The SMILES string of the molecule is CCCCCCCC(O)CCOC1CCCN1CCCN1c2ccccc2Sc2ccc(C(F)(F)F)cc21.O=C(O)C(=O)O. The Balaban J connectivity index is 0.000000801. The molecule has 12 heteroatoms. The van der Waals surface area contributed by atoms with Gasteiger partial charge in [-0.15, -0.1) is 0 Å². The van der Waals surface area contributed by atoms with Crippen LogP contribution < -0.4 is 4.90 Å². The number of rotatable bonds is 14. The summed E-state index contributed by atoms with van der Waals surface area (Å²) in [6, 6.07) is 12.0. The number of ether oxygens (including phenoxy) is 1. The van der Waals surface area contributed by atoms with Gasteiger partial charge in [0.25, 0.3) is 0 Å². The zero-order valence-electron chi connectivity index (χ0n) is 25.1.